The molecule has 3 aromatic rings. The Bertz CT molecular complexity index is 1140. The molecular formula is C26H39N7O5. The van der Waals surface area contributed by atoms with Gasteiger partial charge in [-0.2, -0.15) is 4.98 Å². The van der Waals surface area contributed by atoms with Crippen LogP contribution in [0.15, 0.2) is 18.5 Å². The highest BCUT2D eigenvalue weighted by Crippen LogP contribution is 2.23. The lowest BCUT2D eigenvalue weighted by Crippen LogP contribution is -2.30. The van der Waals surface area contributed by atoms with Crippen molar-refractivity contribution in [2.24, 2.45) is 0 Å². The second kappa shape index (κ2) is 14.8. The van der Waals surface area contributed by atoms with Crippen molar-refractivity contribution in [2.75, 3.05) is 83.7 Å². The van der Waals surface area contributed by atoms with E-state index in [4.69, 9.17) is 34.4 Å². The van der Waals surface area contributed by atoms with E-state index in [0.29, 0.717) is 58.3 Å². The van der Waals surface area contributed by atoms with E-state index in [1.165, 1.54) is 24.8 Å². The van der Waals surface area contributed by atoms with Gasteiger partial charge in [0, 0.05) is 32.8 Å². The van der Waals surface area contributed by atoms with Gasteiger partial charge in [-0.05, 0) is 37.3 Å². The zero-order valence-corrected chi connectivity index (χ0v) is 22.4. The zero-order chi connectivity index (χ0) is 26.6. The van der Waals surface area contributed by atoms with Crippen LogP contribution >= 0.6 is 0 Å². The van der Waals surface area contributed by atoms with Crippen LogP contribution in [0.5, 0.6) is 6.01 Å². The minimum atomic E-state index is 0.178. The maximum Gasteiger partial charge on any atom is 0.336 e. The molecule has 38 heavy (non-hydrogen) atoms. The van der Waals surface area contributed by atoms with Gasteiger partial charge in [-0.25, -0.2) is 14.5 Å². The number of piperidine rings is 1. The molecule has 4 heterocycles. The van der Waals surface area contributed by atoms with Gasteiger partial charge in [0.25, 0.3) is 0 Å². The number of hydrogen-bond acceptors (Lipinski definition) is 11. The monoisotopic (exact) mass is 529 g/mol. The van der Waals surface area contributed by atoms with Crippen LogP contribution in [0.2, 0.25) is 0 Å². The van der Waals surface area contributed by atoms with Crippen LogP contribution in [-0.2, 0) is 25.4 Å². The number of pyridine rings is 1. The minimum absolute atomic E-state index is 0.178. The molecule has 208 valence electrons. The highest BCUT2D eigenvalue weighted by Gasteiger charge is 2.16. The smallest absolute Gasteiger partial charge is 0.336 e. The Balaban J connectivity index is 1.25. The lowest BCUT2D eigenvalue weighted by molar-refractivity contribution is -0.000220. The van der Waals surface area contributed by atoms with Gasteiger partial charge in [0.05, 0.1) is 58.1 Å². The zero-order valence-electron chi connectivity index (χ0n) is 22.4. The molecule has 0 saturated carbocycles. The van der Waals surface area contributed by atoms with Crippen LogP contribution in [0.4, 0.5) is 11.6 Å². The number of fused-ring (bicyclic) bond motifs is 1. The summed E-state index contributed by atoms with van der Waals surface area (Å²) >= 11 is 0. The second-order valence-electron chi connectivity index (χ2n) is 9.15. The van der Waals surface area contributed by atoms with Crippen LogP contribution < -0.4 is 15.4 Å². The summed E-state index contributed by atoms with van der Waals surface area (Å²) in [6, 6.07) is 2.37. The topological polar surface area (TPSA) is 131 Å². The Hall–Kier alpha value is -3.06. The molecule has 4 rings (SSSR count). The first-order chi connectivity index (χ1) is 18.7. The summed E-state index contributed by atoms with van der Waals surface area (Å²) in [5.41, 5.74) is 9.77. The van der Waals surface area contributed by atoms with Crippen LogP contribution in [-0.4, -0.2) is 97.6 Å². The van der Waals surface area contributed by atoms with Gasteiger partial charge < -0.3 is 34.3 Å². The quantitative estimate of drug-likeness (QED) is 0.274. The Kier molecular flexibility index (Phi) is 10.9. The van der Waals surface area contributed by atoms with Crippen molar-refractivity contribution in [2.45, 2.75) is 32.6 Å². The van der Waals surface area contributed by atoms with Gasteiger partial charge in [0.1, 0.15) is 12.4 Å². The van der Waals surface area contributed by atoms with Gasteiger partial charge in [-0.15, -0.1) is 5.10 Å². The van der Waals surface area contributed by atoms with E-state index in [9.17, 15) is 0 Å². The number of hydrogen-bond donors (Lipinski definition) is 1. The molecule has 0 amide bonds. The maximum atomic E-state index is 6.13. The van der Waals surface area contributed by atoms with Gasteiger partial charge in [0.15, 0.2) is 11.5 Å². The van der Waals surface area contributed by atoms with Gasteiger partial charge in [-0.1, -0.05) is 6.07 Å². The summed E-state index contributed by atoms with van der Waals surface area (Å²) in [6.45, 7) is 8.06. The first kappa shape index (κ1) is 28.0. The standard InChI is InChI=1S/C26H39N7O5/c1-20-16-21(18-28-24(20)32-6-4-3-5-7-32)17-22-19-29-25-23(27)30-26(31-33(22)25)38-15-14-37-13-12-36-11-10-35-9-8-34-2/h16,18-19H,3-15,17H2,1-2H3,(H2,27,30,31). The molecule has 0 atom stereocenters. The number of nitrogen functional groups attached to an aromatic ring is 1. The van der Waals surface area contributed by atoms with E-state index in [-0.39, 0.29) is 18.4 Å². The van der Waals surface area contributed by atoms with Gasteiger partial charge in [-0.3, -0.25) is 0 Å². The van der Waals surface area contributed by atoms with E-state index in [0.717, 1.165) is 30.2 Å². The molecule has 12 nitrogen and oxygen atoms in total. The van der Waals surface area contributed by atoms with E-state index in [2.05, 4.69) is 33.0 Å². The van der Waals surface area contributed by atoms with Crippen molar-refractivity contribution < 1.29 is 23.7 Å². The average Bonchev–Trinajstić information content (AvgIpc) is 3.33. The van der Waals surface area contributed by atoms with Crippen molar-refractivity contribution in [1.82, 2.24) is 24.6 Å². The number of rotatable bonds is 16. The number of nitrogens with two attached hydrogens (primary N) is 1. The molecule has 0 aliphatic carbocycles. The van der Waals surface area contributed by atoms with Crippen molar-refractivity contribution >= 4 is 17.3 Å². The van der Waals surface area contributed by atoms with Crippen molar-refractivity contribution in [3.05, 3.63) is 35.3 Å². The summed E-state index contributed by atoms with van der Waals surface area (Å²) in [5, 5.41) is 4.50. The average molecular weight is 530 g/mol. The van der Waals surface area contributed by atoms with E-state index < -0.39 is 0 Å². The summed E-state index contributed by atoms with van der Waals surface area (Å²) in [7, 11) is 1.64. The summed E-state index contributed by atoms with van der Waals surface area (Å²) < 4.78 is 28.6. The molecule has 12 heteroatoms. The Labute approximate surface area is 223 Å². The summed E-state index contributed by atoms with van der Waals surface area (Å²) in [6.07, 6.45) is 8.07. The predicted octanol–water partition coefficient (Wildman–Crippen LogP) is 2.07. The number of aromatic nitrogens is 5. The third-order valence-electron chi connectivity index (χ3n) is 6.22. The molecule has 3 aromatic heterocycles. The summed E-state index contributed by atoms with van der Waals surface area (Å²) in [5.74, 6) is 1.34. The molecular weight excluding hydrogens is 490 g/mol. The van der Waals surface area contributed by atoms with Gasteiger partial charge in [0.2, 0.25) is 0 Å². The SMILES string of the molecule is COCCOCCOCCOCCOc1nc(N)c2ncc(Cc3cnc(N4CCCCC4)c(C)c3)n2n1. The Morgan fingerprint density at radius 3 is 2.24 bits per heavy atom. The molecule has 0 radical (unpaired) electrons. The van der Waals surface area contributed by atoms with Crippen LogP contribution in [0.25, 0.3) is 5.65 Å². The second-order valence-corrected chi connectivity index (χ2v) is 9.15. The van der Waals surface area contributed by atoms with Crippen molar-refractivity contribution in [3.63, 3.8) is 0 Å². The van der Waals surface area contributed by atoms with Gasteiger partial charge >= 0.3 is 6.01 Å². The number of imidazole rings is 1. The highest BCUT2D eigenvalue weighted by atomic mass is 16.6. The van der Waals surface area contributed by atoms with Crippen molar-refractivity contribution in [1.29, 1.82) is 0 Å². The summed E-state index contributed by atoms with van der Waals surface area (Å²) in [4.78, 5) is 15.8. The number of methoxy groups -OCH3 is 1. The highest BCUT2D eigenvalue weighted by molar-refractivity contribution is 5.60. The molecule has 1 aliphatic rings. The molecule has 1 aliphatic heterocycles. The molecule has 2 N–H and O–H groups in total. The predicted molar refractivity (Wildman–Crippen MR) is 143 cm³/mol. The van der Waals surface area contributed by atoms with E-state index in [1.807, 2.05) is 6.20 Å². The number of aryl methyl sites for hydroxylation is 1. The molecule has 1 fully saturated rings. The fourth-order valence-corrected chi connectivity index (χ4v) is 4.35. The Morgan fingerprint density at radius 1 is 0.868 bits per heavy atom. The number of nitrogens with zero attached hydrogens (tertiary/aromatic N) is 6. The molecule has 0 spiro atoms. The Morgan fingerprint density at radius 2 is 1.55 bits per heavy atom. The van der Waals surface area contributed by atoms with E-state index >= 15 is 0 Å². The van der Waals surface area contributed by atoms with Crippen molar-refractivity contribution in [3.8, 4) is 6.01 Å². The van der Waals surface area contributed by atoms with Crippen LogP contribution in [0.3, 0.4) is 0 Å². The van der Waals surface area contributed by atoms with Crippen LogP contribution in [0, 0.1) is 6.92 Å². The molecule has 0 bridgehead atoms. The normalized spacial score (nSPS) is 13.9. The first-order valence-corrected chi connectivity index (χ1v) is 13.2. The largest absolute Gasteiger partial charge is 0.460 e. The van der Waals surface area contributed by atoms with Crippen LogP contribution in [0.1, 0.15) is 36.1 Å². The fraction of sp³-hybridized carbons (Fsp3) is 0.615. The fourth-order valence-electron chi connectivity index (χ4n) is 4.35. The van der Waals surface area contributed by atoms with E-state index in [1.54, 1.807) is 17.8 Å². The maximum absolute atomic E-state index is 6.13. The lowest BCUT2D eigenvalue weighted by Gasteiger charge is -2.29. The number of anilines is 2. The molecule has 0 aromatic carbocycles. The number of ether oxygens (including phenoxy) is 5. The first-order valence-electron chi connectivity index (χ1n) is 13.2. The minimum Gasteiger partial charge on any atom is -0.460 e. The molecule has 1 saturated heterocycles. The molecule has 0 unspecified atom stereocenters. The third kappa shape index (κ3) is 7.97. The lowest BCUT2D eigenvalue weighted by atomic mass is 10.1. The third-order valence-corrected chi connectivity index (χ3v) is 6.22.